The average Bonchev–Trinajstić information content (AvgIpc) is 3.12. The molecule has 1 aliphatic rings. The number of aliphatic imine (C=N–C) groups is 1. The summed E-state index contributed by atoms with van der Waals surface area (Å²) in [5.41, 5.74) is 8.90. The van der Waals surface area contributed by atoms with Gasteiger partial charge in [0.2, 0.25) is 0 Å². The predicted molar refractivity (Wildman–Crippen MR) is 131 cm³/mol. The van der Waals surface area contributed by atoms with Gasteiger partial charge in [-0.25, -0.2) is 14.4 Å². The number of hydrogen-bond donors (Lipinski definition) is 3. The lowest BCUT2D eigenvalue weighted by Gasteiger charge is -2.24. The number of aromatic nitrogens is 2. The number of hydrogen-bond acceptors (Lipinski definition) is 5. The molecule has 1 fully saturated rings. The van der Waals surface area contributed by atoms with Crippen molar-refractivity contribution in [2.24, 2.45) is 10.9 Å². The fourth-order valence-electron chi connectivity index (χ4n) is 4.11. The lowest BCUT2D eigenvalue weighted by atomic mass is 9.99. The maximum Gasteiger partial charge on any atom is 0.132 e. The molecule has 1 saturated heterocycles. The van der Waals surface area contributed by atoms with Crippen LogP contribution in [0.1, 0.15) is 35.5 Å². The Bertz CT molecular complexity index is 1100. The highest BCUT2D eigenvalue weighted by atomic mass is 19.1. The van der Waals surface area contributed by atoms with E-state index in [4.69, 9.17) is 10.7 Å². The monoisotopic (exact) mass is 446 g/mol. The van der Waals surface area contributed by atoms with Crippen LogP contribution in [-0.2, 0) is 19.5 Å². The molecule has 1 aromatic heterocycles. The standard InChI is InChI=1S/C26H31FN6/c1-19(30-16-22-11-5-6-12-23(22)27)31-17-24-26(28)33(18-21-10-7-13-29-15-21)25(32-24)14-20-8-3-2-4-9-20/h2-6,8-9,11-12,17,21,29-30H,1,7,10,13-16,18,28H2. The molecule has 0 saturated carbocycles. The van der Waals surface area contributed by atoms with Crippen LogP contribution in [0.3, 0.4) is 0 Å². The van der Waals surface area contributed by atoms with E-state index in [1.54, 1.807) is 24.4 Å². The molecule has 0 bridgehead atoms. The fraction of sp³-hybridized carbons (Fsp3) is 0.308. The molecular formula is C26H31FN6. The molecule has 4 rings (SSSR count). The van der Waals surface area contributed by atoms with Gasteiger partial charge in [-0.3, -0.25) is 0 Å². The van der Waals surface area contributed by atoms with Gasteiger partial charge in [0.15, 0.2) is 0 Å². The van der Waals surface area contributed by atoms with Crippen LogP contribution in [0.25, 0.3) is 0 Å². The van der Waals surface area contributed by atoms with E-state index in [0.717, 1.165) is 25.5 Å². The van der Waals surface area contributed by atoms with Crippen molar-refractivity contribution in [3.8, 4) is 0 Å². The summed E-state index contributed by atoms with van der Waals surface area (Å²) >= 11 is 0. The summed E-state index contributed by atoms with van der Waals surface area (Å²) in [6.45, 7) is 7.12. The maximum atomic E-state index is 13.8. The van der Waals surface area contributed by atoms with Crippen molar-refractivity contribution in [3.05, 3.63) is 95.5 Å². The van der Waals surface area contributed by atoms with Gasteiger partial charge in [0.1, 0.15) is 29.0 Å². The van der Waals surface area contributed by atoms with Crippen molar-refractivity contribution < 1.29 is 4.39 Å². The number of nitrogens with one attached hydrogen (secondary N) is 2. The molecule has 33 heavy (non-hydrogen) atoms. The zero-order chi connectivity index (χ0) is 23.0. The largest absolute Gasteiger partial charge is 0.383 e. The molecule has 1 unspecified atom stereocenters. The fourth-order valence-corrected chi connectivity index (χ4v) is 4.11. The van der Waals surface area contributed by atoms with E-state index in [1.165, 1.54) is 24.5 Å². The number of benzene rings is 2. The molecule has 7 heteroatoms. The first-order valence-corrected chi connectivity index (χ1v) is 11.4. The normalized spacial score (nSPS) is 16.2. The van der Waals surface area contributed by atoms with Crippen LogP contribution in [0.2, 0.25) is 0 Å². The van der Waals surface area contributed by atoms with Gasteiger partial charge in [-0.2, -0.15) is 0 Å². The van der Waals surface area contributed by atoms with E-state index >= 15 is 0 Å². The SMILES string of the molecule is C=C(N=Cc1nc(Cc2ccccc2)n(CC2CCCNC2)c1N)NCc1ccccc1F. The number of rotatable bonds is 9. The summed E-state index contributed by atoms with van der Waals surface area (Å²) in [4.78, 5) is 9.20. The summed E-state index contributed by atoms with van der Waals surface area (Å²) < 4.78 is 15.9. The average molecular weight is 447 g/mol. The minimum atomic E-state index is -0.257. The summed E-state index contributed by atoms with van der Waals surface area (Å²) in [5, 5.41) is 6.51. The Morgan fingerprint density at radius 2 is 2.03 bits per heavy atom. The highest BCUT2D eigenvalue weighted by Crippen LogP contribution is 2.21. The second-order valence-corrected chi connectivity index (χ2v) is 8.43. The van der Waals surface area contributed by atoms with E-state index in [0.29, 0.717) is 41.8 Å². The number of nitrogens with zero attached hydrogens (tertiary/aromatic N) is 3. The maximum absolute atomic E-state index is 13.8. The number of piperidine rings is 1. The number of halogens is 1. The van der Waals surface area contributed by atoms with E-state index in [1.807, 2.05) is 18.2 Å². The van der Waals surface area contributed by atoms with Crippen LogP contribution in [0.4, 0.5) is 10.2 Å². The van der Waals surface area contributed by atoms with Gasteiger partial charge in [-0.05, 0) is 43.5 Å². The van der Waals surface area contributed by atoms with Gasteiger partial charge in [0.05, 0.1) is 6.21 Å². The molecule has 1 atom stereocenters. The van der Waals surface area contributed by atoms with Gasteiger partial charge in [-0.15, -0.1) is 0 Å². The lowest BCUT2D eigenvalue weighted by Crippen LogP contribution is -2.32. The highest BCUT2D eigenvalue weighted by molar-refractivity contribution is 5.84. The number of anilines is 1. The molecule has 172 valence electrons. The number of nitrogens with two attached hydrogens (primary N) is 1. The van der Waals surface area contributed by atoms with Crippen molar-refractivity contribution in [1.82, 2.24) is 20.2 Å². The van der Waals surface area contributed by atoms with Crippen LogP contribution >= 0.6 is 0 Å². The summed E-state index contributed by atoms with van der Waals surface area (Å²) in [7, 11) is 0. The van der Waals surface area contributed by atoms with Gasteiger partial charge >= 0.3 is 0 Å². The third-order valence-corrected chi connectivity index (χ3v) is 5.94. The van der Waals surface area contributed by atoms with Crippen molar-refractivity contribution in [1.29, 1.82) is 0 Å². The van der Waals surface area contributed by atoms with Crippen molar-refractivity contribution in [3.63, 3.8) is 0 Å². The summed E-state index contributed by atoms with van der Waals surface area (Å²) in [6.07, 6.45) is 4.69. The first-order valence-electron chi connectivity index (χ1n) is 11.4. The van der Waals surface area contributed by atoms with Crippen LogP contribution in [0.5, 0.6) is 0 Å². The molecule has 4 N–H and O–H groups in total. The molecule has 2 heterocycles. The quantitative estimate of drug-likeness (QED) is 0.436. The second kappa shape index (κ2) is 10.9. The number of imidazole rings is 1. The Labute approximate surface area is 194 Å². The number of nitrogen functional groups attached to an aromatic ring is 1. The Hall–Kier alpha value is -3.45. The smallest absolute Gasteiger partial charge is 0.132 e. The van der Waals surface area contributed by atoms with Gasteiger partial charge < -0.3 is 20.9 Å². The Morgan fingerprint density at radius 3 is 2.79 bits per heavy atom. The summed E-state index contributed by atoms with van der Waals surface area (Å²) in [6, 6.07) is 16.9. The Balaban J connectivity index is 1.49. The zero-order valence-electron chi connectivity index (χ0n) is 18.8. The van der Waals surface area contributed by atoms with E-state index in [-0.39, 0.29) is 5.82 Å². The molecule has 6 nitrogen and oxygen atoms in total. The molecule has 1 aliphatic heterocycles. The lowest BCUT2D eigenvalue weighted by molar-refractivity contribution is 0.335. The first-order chi connectivity index (χ1) is 16.1. The molecule has 2 aromatic carbocycles. The molecule has 0 spiro atoms. The predicted octanol–water partition coefficient (Wildman–Crippen LogP) is 3.87. The van der Waals surface area contributed by atoms with Crippen LogP contribution in [0.15, 0.2) is 72.0 Å². The van der Waals surface area contributed by atoms with Crippen LogP contribution in [0, 0.1) is 11.7 Å². The molecule has 0 radical (unpaired) electrons. The second-order valence-electron chi connectivity index (χ2n) is 8.43. The van der Waals surface area contributed by atoms with Crippen LogP contribution in [-0.4, -0.2) is 28.9 Å². The van der Waals surface area contributed by atoms with Gasteiger partial charge in [0, 0.05) is 25.1 Å². The van der Waals surface area contributed by atoms with Crippen molar-refractivity contribution >= 4 is 12.0 Å². The molecule has 0 amide bonds. The van der Waals surface area contributed by atoms with E-state index < -0.39 is 0 Å². The zero-order valence-corrected chi connectivity index (χ0v) is 18.8. The Kier molecular flexibility index (Phi) is 7.52. The van der Waals surface area contributed by atoms with Gasteiger partial charge in [-0.1, -0.05) is 55.1 Å². The minimum absolute atomic E-state index is 0.257. The summed E-state index contributed by atoms with van der Waals surface area (Å²) in [5.74, 6) is 2.22. The third-order valence-electron chi connectivity index (χ3n) is 5.94. The highest BCUT2D eigenvalue weighted by Gasteiger charge is 2.20. The van der Waals surface area contributed by atoms with E-state index in [2.05, 4.69) is 38.9 Å². The first kappa shape index (κ1) is 22.7. The Morgan fingerprint density at radius 1 is 1.24 bits per heavy atom. The van der Waals surface area contributed by atoms with Crippen LogP contribution < -0.4 is 16.4 Å². The minimum Gasteiger partial charge on any atom is -0.383 e. The van der Waals surface area contributed by atoms with E-state index in [9.17, 15) is 4.39 Å². The topological polar surface area (TPSA) is 80.3 Å². The third kappa shape index (κ3) is 6.08. The van der Waals surface area contributed by atoms with Crippen molar-refractivity contribution in [2.75, 3.05) is 18.8 Å². The van der Waals surface area contributed by atoms with Gasteiger partial charge in [0.25, 0.3) is 0 Å². The molecule has 0 aliphatic carbocycles. The molecule has 3 aromatic rings. The molecular weight excluding hydrogens is 415 g/mol. The van der Waals surface area contributed by atoms with Crippen molar-refractivity contribution in [2.45, 2.75) is 32.4 Å².